The van der Waals surface area contributed by atoms with Gasteiger partial charge in [0.1, 0.15) is 0 Å². The van der Waals surface area contributed by atoms with E-state index in [0.717, 1.165) is 10.6 Å². The summed E-state index contributed by atoms with van der Waals surface area (Å²) < 4.78 is 0. The number of benzene rings is 1. The third kappa shape index (κ3) is 4.36. The molecule has 0 aliphatic rings. The minimum Gasteiger partial charge on any atom is -0.352 e. The summed E-state index contributed by atoms with van der Waals surface area (Å²) in [5, 5.41) is 3.60. The van der Waals surface area contributed by atoms with Gasteiger partial charge in [-0.05, 0) is 38.8 Å². The summed E-state index contributed by atoms with van der Waals surface area (Å²) in [4.78, 5) is 11.7. The van der Waals surface area contributed by atoms with Crippen molar-refractivity contribution in [2.75, 3.05) is 0 Å². The molecule has 0 saturated carbocycles. The Balaban J connectivity index is 2.59. The topological polar surface area (TPSA) is 55.1 Å². The molecule has 0 aliphatic heterocycles. The normalized spacial score (nSPS) is 13.2. The standard InChI is InChI=1S/C13H19ClN2O/c1-9(16-12(17)13(2,3)15)8-10-6-4-5-7-11(10)14/h4-7,9H,8,15H2,1-3H3,(H,16,17). The van der Waals surface area contributed by atoms with Crippen molar-refractivity contribution in [2.45, 2.75) is 38.8 Å². The van der Waals surface area contributed by atoms with Crippen LogP contribution in [0.5, 0.6) is 0 Å². The van der Waals surface area contributed by atoms with Crippen LogP contribution in [0.2, 0.25) is 5.02 Å². The Hall–Kier alpha value is -1.06. The van der Waals surface area contributed by atoms with Crippen molar-refractivity contribution in [1.82, 2.24) is 5.32 Å². The van der Waals surface area contributed by atoms with E-state index < -0.39 is 5.54 Å². The van der Waals surface area contributed by atoms with E-state index in [0.29, 0.717) is 6.42 Å². The van der Waals surface area contributed by atoms with Gasteiger partial charge in [-0.1, -0.05) is 29.8 Å². The number of hydrogen-bond acceptors (Lipinski definition) is 2. The van der Waals surface area contributed by atoms with Crippen molar-refractivity contribution in [3.8, 4) is 0 Å². The first-order valence-electron chi connectivity index (χ1n) is 5.64. The highest BCUT2D eigenvalue weighted by molar-refractivity contribution is 6.31. The van der Waals surface area contributed by atoms with Gasteiger partial charge in [0.2, 0.25) is 5.91 Å². The molecule has 0 aliphatic carbocycles. The van der Waals surface area contributed by atoms with Crippen LogP contribution in [0.25, 0.3) is 0 Å². The maximum absolute atomic E-state index is 11.7. The lowest BCUT2D eigenvalue weighted by molar-refractivity contribution is -0.125. The molecule has 3 nitrogen and oxygen atoms in total. The van der Waals surface area contributed by atoms with E-state index in [1.165, 1.54) is 0 Å². The Bertz CT molecular complexity index is 399. The van der Waals surface area contributed by atoms with Crippen molar-refractivity contribution < 1.29 is 4.79 Å². The fraction of sp³-hybridized carbons (Fsp3) is 0.462. The molecular formula is C13H19ClN2O. The SMILES string of the molecule is CC(Cc1ccccc1Cl)NC(=O)C(C)(C)N. The van der Waals surface area contributed by atoms with Crippen molar-refractivity contribution in [1.29, 1.82) is 0 Å². The van der Waals surface area contributed by atoms with E-state index >= 15 is 0 Å². The lowest BCUT2D eigenvalue weighted by atomic mass is 10.0. The van der Waals surface area contributed by atoms with Crippen molar-refractivity contribution >= 4 is 17.5 Å². The van der Waals surface area contributed by atoms with Crippen LogP contribution in [0.15, 0.2) is 24.3 Å². The number of amides is 1. The first-order valence-corrected chi connectivity index (χ1v) is 6.01. The highest BCUT2D eigenvalue weighted by Gasteiger charge is 2.23. The Labute approximate surface area is 107 Å². The number of hydrogen-bond donors (Lipinski definition) is 2. The van der Waals surface area contributed by atoms with Crippen LogP contribution in [0, 0.1) is 0 Å². The lowest BCUT2D eigenvalue weighted by Gasteiger charge is -2.22. The second kappa shape index (κ2) is 5.52. The Morgan fingerprint density at radius 1 is 1.47 bits per heavy atom. The van der Waals surface area contributed by atoms with Crippen LogP contribution in [0.1, 0.15) is 26.3 Å². The second-order valence-electron chi connectivity index (χ2n) is 4.89. The van der Waals surface area contributed by atoms with Gasteiger partial charge >= 0.3 is 0 Å². The third-order valence-corrected chi connectivity index (χ3v) is 2.82. The number of carbonyl (C=O) groups excluding carboxylic acids is 1. The van der Waals surface area contributed by atoms with Gasteiger partial charge in [0.15, 0.2) is 0 Å². The van der Waals surface area contributed by atoms with Crippen LogP contribution in [-0.4, -0.2) is 17.5 Å². The lowest BCUT2D eigenvalue weighted by Crippen LogP contribution is -2.51. The van der Waals surface area contributed by atoms with Crippen LogP contribution < -0.4 is 11.1 Å². The quantitative estimate of drug-likeness (QED) is 0.865. The van der Waals surface area contributed by atoms with Gasteiger partial charge in [-0.15, -0.1) is 0 Å². The molecule has 3 N–H and O–H groups in total. The molecule has 0 bridgehead atoms. The predicted molar refractivity (Wildman–Crippen MR) is 71.0 cm³/mol. The van der Waals surface area contributed by atoms with E-state index in [4.69, 9.17) is 17.3 Å². The van der Waals surface area contributed by atoms with Crippen LogP contribution in [0.3, 0.4) is 0 Å². The first-order chi connectivity index (χ1) is 7.80. The van der Waals surface area contributed by atoms with Gasteiger partial charge < -0.3 is 11.1 Å². The Morgan fingerprint density at radius 3 is 2.59 bits per heavy atom. The molecule has 1 rings (SSSR count). The van der Waals surface area contributed by atoms with Gasteiger partial charge in [-0.2, -0.15) is 0 Å². The zero-order valence-corrected chi connectivity index (χ0v) is 11.2. The fourth-order valence-corrected chi connectivity index (χ4v) is 1.67. The molecule has 1 aromatic rings. The molecule has 4 heteroatoms. The summed E-state index contributed by atoms with van der Waals surface area (Å²) in [7, 11) is 0. The van der Waals surface area contributed by atoms with Gasteiger partial charge in [0, 0.05) is 11.1 Å². The summed E-state index contributed by atoms with van der Waals surface area (Å²) in [5.74, 6) is -0.156. The maximum atomic E-state index is 11.7. The molecule has 0 saturated heterocycles. The molecule has 0 aromatic heterocycles. The number of carbonyl (C=O) groups is 1. The number of nitrogens with two attached hydrogens (primary N) is 1. The molecule has 0 fully saturated rings. The molecule has 1 atom stereocenters. The molecule has 0 radical (unpaired) electrons. The first kappa shape index (κ1) is 14.0. The summed E-state index contributed by atoms with van der Waals surface area (Å²) in [6.45, 7) is 5.31. The summed E-state index contributed by atoms with van der Waals surface area (Å²) in [5.41, 5.74) is 5.88. The molecule has 1 amide bonds. The zero-order chi connectivity index (χ0) is 13.1. The van der Waals surface area contributed by atoms with E-state index in [-0.39, 0.29) is 11.9 Å². The highest BCUT2D eigenvalue weighted by Crippen LogP contribution is 2.16. The van der Waals surface area contributed by atoms with Gasteiger partial charge in [-0.3, -0.25) is 4.79 Å². The van der Waals surface area contributed by atoms with Gasteiger partial charge in [0.25, 0.3) is 0 Å². The Morgan fingerprint density at radius 2 is 2.06 bits per heavy atom. The number of halogens is 1. The summed E-state index contributed by atoms with van der Waals surface area (Å²) in [6.07, 6.45) is 0.696. The highest BCUT2D eigenvalue weighted by atomic mass is 35.5. The van der Waals surface area contributed by atoms with E-state index in [1.54, 1.807) is 13.8 Å². The predicted octanol–water partition coefficient (Wildman–Crippen LogP) is 2.12. The summed E-state index contributed by atoms with van der Waals surface area (Å²) in [6, 6.07) is 7.63. The van der Waals surface area contributed by atoms with Gasteiger partial charge in [0.05, 0.1) is 5.54 Å². The van der Waals surface area contributed by atoms with E-state index in [9.17, 15) is 4.79 Å². The molecule has 17 heavy (non-hydrogen) atoms. The number of rotatable bonds is 4. The van der Waals surface area contributed by atoms with Crippen molar-refractivity contribution in [3.63, 3.8) is 0 Å². The van der Waals surface area contributed by atoms with E-state index in [2.05, 4.69) is 5.32 Å². The van der Waals surface area contributed by atoms with Crippen LogP contribution in [0.4, 0.5) is 0 Å². The van der Waals surface area contributed by atoms with E-state index in [1.807, 2.05) is 31.2 Å². The average Bonchev–Trinajstić information content (AvgIpc) is 2.20. The molecule has 94 valence electrons. The number of nitrogens with one attached hydrogen (secondary N) is 1. The molecular weight excluding hydrogens is 236 g/mol. The molecule has 1 unspecified atom stereocenters. The monoisotopic (exact) mass is 254 g/mol. The molecule has 0 heterocycles. The molecule has 1 aromatic carbocycles. The van der Waals surface area contributed by atoms with Crippen molar-refractivity contribution in [2.24, 2.45) is 5.73 Å². The largest absolute Gasteiger partial charge is 0.352 e. The van der Waals surface area contributed by atoms with Crippen LogP contribution >= 0.6 is 11.6 Å². The maximum Gasteiger partial charge on any atom is 0.239 e. The minimum atomic E-state index is -0.852. The zero-order valence-electron chi connectivity index (χ0n) is 10.5. The summed E-state index contributed by atoms with van der Waals surface area (Å²) >= 11 is 6.06. The van der Waals surface area contributed by atoms with Gasteiger partial charge in [-0.25, -0.2) is 0 Å². The van der Waals surface area contributed by atoms with Crippen molar-refractivity contribution in [3.05, 3.63) is 34.9 Å². The minimum absolute atomic E-state index is 0.00484. The smallest absolute Gasteiger partial charge is 0.239 e. The van der Waals surface area contributed by atoms with Crippen LogP contribution in [-0.2, 0) is 11.2 Å². The molecule has 0 spiro atoms. The third-order valence-electron chi connectivity index (χ3n) is 2.45. The second-order valence-corrected chi connectivity index (χ2v) is 5.30. The Kier molecular flexibility index (Phi) is 4.54. The average molecular weight is 255 g/mol. The fourth-order valence-electron chi connectivity index (χ4n) is 1.45.